The first-order valence-electron chi connectivity index (χ1n) is 16.8. The number of allylic oxidation sites excluding steroid dienone is 1. The smallest absolute Gasteiger partial charge is 0.358 e. The third-order valence-corrected chi connectivity index (χ3v) is 10.1. The van der Waals surface area contributed by atoms with Crippen LogP contribution in [0.15, 0.2) is 65.5 Å². The minimum absolute atomic E-state index is 0.00154. The summed E-state index contributed by atoms with van der Waals surface area (Å²) >= 11 is 0. The van der Waals surface area contributed by atoms with Crippen LogP contribution in [0.1, 0.15) is 78.5 Å². The van der Waals surface area contributed by atoms with Crippen LogP contribution in [-0.4, -0.2) is 78.1 Å². The molecule has 6 rings (SSSR count). The molecule has 0 bridgehead atoms. The van der Waals surface area contributed by atoms with Crippen LogP contribution in [0.25, 0.3) is 0 Å². The van der Waals surface area contributed by atoms with Gasteiger partial charge in [-0.3, -0.25) is 10.1 Å². The Morgan fingerprint density at radius 1 is 1.12 bits per heavy atom. The Balaban J connectivity index is 1.49. The van der Waals surface area contributed by atoms with E-state index in [2.05, 4.69) is 21.5 Å². The van der Waals surface area contributed by atoms with E-state index in [1.165, 1.54) is 36.2 Å². The average molecular weight is 692 g/mol. The number of aromatic nitrogens is 3. The molecule has 2 aliphatic carbocycles. The molecule has 0 saturated heterocycles. The quantitative estimate of drug-likeness (QED) is 0.0812. The molecule has 1 aliphatic heterocycles. The van der Waals surface area contributed by atoms with Crippen LogP contribution in [0.5, 0.6) is 11.5 Å². The van der Waals surface area contributed by atoms with Crippen molar-refractivity contribution >= 4 is 17.4 Å². The van der Waals surface area contributed by atoms with Gasteiger partial charge in [-0.25, -0.2) is 9.48 Å². The highest BCUT2D eigenvalue weighted by Crippen LogP contribution is 2.62. The topological polar surface area (TPSA) is 212 Å². The second-order valence-electron chi connectivity index (χ2n) is 13.0. The van der Waals surface area contributed by atoms with Crippen LogP contribution in [-0.2, 0) is 16.2 Å². The highest BCUT2D eigenvalue weighted by atomic mass is 16.6. The SMILES string of the molecule is COC(=O)c1cnnn1[C@H]1CC(=NOCc2ccc([N+](=O)[O-])cc2)C2=C[C@H](CCCCO)[C@@H](CCCCO)[C@@H]3c4cc(O)ccc4O[C@@]1(O)[C@H]23. The summed E-state index contributed by atoms with van der Waals surface area (Å²) in [6, 6.07) is 9.69. The van der Waals surface area contributed by atoms with E-state index >= 15 is 0 Å². The van der Waals surface area contributed by atoms with E-state index in [9.17, 15) is 35.3 Å². The van der Waals surface area contributed by atoms with Crippen molar-refractivity contribution in [2.24, 2.45) is 22.9 Å². The van der Waals surface area contributed by atoms with Crippen molar-refractivity contribution in [3.8, 4) is 11.5 Å². The first-order chi connectivity index (χ1) is 24.2. The van der Waals surface area contributed by atoms with Gasteiger partial charge in [0.05, 0.1) is 29.9 Å². The molecule has 3 aromatic rings. The van der Waals surface area contributed by atoms with Gasteiger partial charge in [0.1, 0.15) is 24.1 Å². The largest absolute Gasteiger partial charge is 0.508 e. The number of methoxy groups -OCH3 is 1. The molecule has 0 amide bonds. The Kier molecular flexibility index (Phi) is 10.5. The fraction of sp³-hybridized carbons (Fsp3) is 0.486. The van der Waals surface area contributed by atoms with Gasteiger partial charge in [0, 0.05) is 43.2 Å². The van der Waals surface area contributed by atoms with E-state index in [-0.39, 0.29) is 55.2 Å². The Hall–Kier alpha value is -4.86. The van der Waals surface area contributed by atoms with Gasteiger partial charge in [-0.15, -0.1) is 5.10 Å². The lowest BCUT2D eigenvalue weighted by molar-refractivity contribution is -0.384. The predicted octanol–water partition coefficient (Wildman–Crippen LogP) is 4.17. The Bertz CT molecular complexity index is 1760. The summed E-state index contributed by atoms with van der Waals surface area (Å²) in [6.07, 6.45) is 7.49. The third kappa shape index (κ3) is 6.67. The van der Waals surface area contributed by atoms with Gasteiger partial charge >= 0.3 is 5.97 Å². The molecular formula is C35H41N5O10. The van der Waals surface area contributed by atoms with Crippen LogP contribution in [0.2, 0.25) is 0 Å². The number of phenolic OH excluding ortho intramolecular Hbond substituents is 1. The number of nitro benzene ring substituents is 1. The number of non-ortho nitro benzene ring substituents is 1. The maximum absolute atomic E-state index is 12.9. The molecular weight excluding hydrogens is 650 g/mol. The molecule has 50 heavy (non-hydrogen) atoms. The molecule has 2 heterocycles. The van der Waals surface area contributed by atoms with Crippen LogP contribution in [0, 0.1) is 27.9 Å². The van der Waals surface area contributed by atoms with Crippen molar-refractivity contribution in [3.63, 3.8) is 0 Å². The van der Waals surface area contributed by atoms with Crippen LogP contribution < -0.4 is 4.74 Å². The second-order valence-corrected chi connectivity index (χ2v) is 13.0. The normalized spacial score (nSPS) is 26.0. The highest BCUT2D eigenvalue weighted by molar-refractivity contribution is 6.02. The van der Waals surface area contributed by atoms with Crippen molar-refractivity contribution in [2.75, 3.05) is 20.3 Å². The van der Waals surface area contributed by atoms with Crippen molar-refractivity contribution in [1.82, 2.24) is 15.0 Å². The van der Waals surface area contributed by atoms with Gasteiger partial charge in [0.2, 0.25) is 5.79 Å². The summed E-state index contributed by atoms with van der Waals surface area (Å²) in [6.45, 7) is 0.0979. The zero-order chi connectivity index (χ0) is 35.4. The number of hydrogen-bond acceptors (Lipinski definition) is 13. The number of carbonyl (C=O) groups is 1. The number of hydrogen-bond donors (Lipinski definition) is 4. The lowest BCUT2D eigenvalue weighted by atomic mass is 9.55. The number of unbranched alkanes of at least 4 members (excludes halogenated alkanes) is 2. The maximum atomic E-state index is 12.9. The number of aliphatic hydroxyl groups excluding tert-OH is 2. The number of fused-ring (bicyclic) bond motifs is 2. The van der Waals surface area contributed by atoms with Gasteiger partial charge in [-0.1, -0.05) is 29.3 Å². The minimum Gasteiger partial charge on any atom is -0.508 e. The number of nitrogens with zero attached hydrogens (tertiary/aromatic N) is 5. The molecule has 266 valence electrons. The number of rotatable bonds is 14. The molecule has 0 unspecified atom stereocenters. The molecule has 3 aliphatic rings. The monoisotopic (exact) mass is 691 g/mol. The van der Waals surface area contributed by atoms with E-state index in [1.807, 2.05) is 0 Å². The fourth-order valence-electron chi connectivity index (χ4n) is 7.83. The van der Waals surface area contributed by atoms with Gasteiger partial charge in [0.25, 0.3) is 5.69 Å². The van der Waals surface area contributed by atoms with Crippen molar-refractivity contribution in [2.45, 2.75) is 69.3 Å². The summed E-state index contributed by atoms with van der Waals surface area (Å²) in [5.41, 5.74) is 2.49. The Morgan fingerprint density at radius 2 is 1.86 bits per heavy atom. The van der Waals surface area contributed by atoms with E-state index in [0.717, 1.165) is 19.3 Å². The zero-order valence-corrected chi connectivity index (χ0v) is 27.6. The summed E-state index contributed by atoms with van der Waals surface area (Å²) in [5.74, 6) is -3.52. The first kappa shape index (κ1) is 35.0. The summed E-state index contributed by atoms with van der Waals surface area (Å²) in [5, 5.41) is 66.7. The molecule has 6 atom stereocenters. The predicted molar refractivity (Wildman–Crippen MR) is 177 cm³/mol. The number of oxime groups is 1. The molecule has 4 N–H and O–H groups in total. The first-order valence-corrected chi connectivity index (χ1v) is 16.8. The fourth-order valence-corrected chi connectivity index (χ4v) is 7.83. The second kappa shape index (κ2) is 14.9. The molecule has 0 spiro atoms. The maximum Gasteiger partial charge on any atom is 0.358 e. The number of nitro groups is 1. The Labute approximate surface area is 287 Å². The number of ether oxygens (including phenoxy) is 2. The van der Waals surface area contributed by atoms with E-state index in [0.29, 0.717) is 47.4 Å². The molecule has 1 fully saturated rings. The van der Waals surface area contributed by atoms with Crippen molar-refractivity contribution in [3.05, 3.63) is 87.2 Å². The summed E-state index contributed by atoms with van der Waals surface area (Å²) in [4.78, 5) is 29.4. The minimum atomic E-state index is -1.97. The average Bonchev–Trinajstić information content (AvgIpc) is 3.60. The zero-order valence-electron chi connectivity index (χ0n) is 27.6. The molecule has 15 heteroatoms. The van der Waals surface area contributed by atoms with Crippen LogP contribution >= 0.6 is 0 Å². The number of carbonyl (C=O) groups excluding carboxylic acids is 1. The number of aliphatic hydroxyl groups is 3. The number of aromatic hydroxyl groups is 1. The lowest BCUT2D eigenvalue weighted by Crippen LogP contribution is -2.62. The number of esters is 1. The van der Waals surface area contributed by atoms with Crippen LogP contribution in [0.3, 0.4) is 0 Å². The van der Waals surface area contributed by atoms with Gasteiger partial charge in [0.15, 0.2) is 5.69 Å². The van der Waals surface area contributed by atoms with E-state index < -0.39 is 34.6 Å². The molecule has 2 aromatic carbocycles. The van der Waals surface area contributed by atoms with Gasteiger partial charge in [-0.2, -0.15) is 0 Å². The van der Waals surface area contributed by atoms with Crippen molar-refractivity contribution in [1.29, 1.82) is 0 Å². The summed E-state index contributed by atoms with van der Waals surface area (Å²) in [7, 11) is 1.24. The molecule has 0 radical (unpaired) electrons. The molecule has 15 nitrogen and oxygen atoms in total. The highest BCUT2D eigenvalue weighted by Gasteiger charge is 2.63. The number of benzene rings is 2. The summed E-state index contributed by atoms with van der Waals surface area (Å²) < 4.78 is 12.8. The van der Waals surface area contributed by atoms with Gasteiger partial charge < -0.3 is 34.7 Å². The van der Waals surface area contributed by atoms with E-state index in [1.54, 1.807) is 24.3 Å². The standard InChI is InChI=1S/C35H41N5O10/c1-48-34(44)29-19-36-38-39(29)31-18-28(37-49-20-21-8-10-23(11-9-21)40(46)47)26-16-22(6-2-4-14-41)25(7-3-5-15-42)32-27-17-24(43)12-13-30(27)50-35(31,45)33(26)32/h8-13,16-17,19,22,25,31-33,41-43,45H,2-7,14-15,18,20H2,1H3/t22-,25+,31-,32+,33+,35+/m0/s1. The molecule has 1 aromatic heterocycles. The van der Waals surface area contributed by atoms with Gasteiger partial charge in [-0.05, 0) is 79.0 Å². The van der Waals surface area contributed by atoms with Crippen molar-refractivity contribution < 1.29 is 44.5 Å². The lowest BCUT2D eigenvalue weighted by Gasteiger charge is -2.56. The molecule has 1 saturated carbocycles. The number of phenols is 1. The third-order valence-electron chi connectivity index (χ3n) is 10.1. The van der Waals surface area contributed by atoms with E-state index in [4.69, 9.17) is 14.3 Å². The van der Waals surface area contributed by atoms with Crippen LogP contribution in [0.4, 0.5) is 5.69 Å². The Morgan fingerprint density at radius 3 is 2.56 bits per heavy atom.